The van der Waals surface area contributed by atoms with Crippen molar-refractivity contribution in [3.8, 4) is 0 Å². The second kappa shape index (κ2) is 6.85. The van der Waals surface area contributed by atoms with E-state index in [1.807, 2.05) is 19.9 Å². The normalized spacial score (nSPS) is 14.0. The van der Waals surface area contributed by atoms with Gasteiger partial charge in [-0.05, 0) is 32.4 Å². The van der Waals surface area contributed by atoms with E-state index < -0.39 is 0 Å². The van der Waals surface area contributed by atoms with Crippen LogP contribution in [0.5, 0.6) is 0 Å². The first-order valence-corrected chi connectivity index (χ1v) is 8.00. The molecule has 6 heteroatoms. The highest BCUT2D eigenvalue weighted by Gasteiger charge is 2.19. The van der Waals surface area contributed by atoms with E-state index in [0.717, 1.165) is 18.4 Å². The Bertz CT molecular complexity index is 626. The molecule has 0 saturated heterocycles. The molecule has 0 bridgehead atoms. The monoisotopic (exact) mass is 307 g/mol. The summed E-state index contributed by atoms with van der Waals surface area (Å²) >= 11 is 1.31. The van der Waals surface area contributed by atoms with Crippen LogP contribution in [0.4, 0.5) is 5.69 Å². The fraction of sp³-hybridized carbons (Fsp3) is 0.467. The van der Waals surface area contributed by atoms with E-state index in [1.54, 1.807) is 12.1 Å². The lowest BCUT2D eigenvalue weighted by Gasteiger charge is -2.15. The molecule has 2 aromatic rings. The van der Waals surface area contributed by atoms with Crippen molar-refractivity contribution in [3.05, 3.63) is 18.2 Å². The minimum atomic E-state index is -0.255. The Morgan fingerprint density at radius 2 is 2.24 bits per heavy atom. The van der Waals surface area contributed by atoms with E-state index >= 15 is 0 Å². The van der Waals surface area contributed by atoms with Crippen LogP contribution in [0.3, 0.4) is 0 Å². The van der Waals surface area contributed by atoms with E-state index in [1.165, 1.54) is 11.8 Å². The number of anilines is 1. The molecule has 1 aromatic heterocycles. The number of benzene rings is 1. The quantitative estimate of drug-likeness (QED) is 0.632. The first-order chi connectivity index (χ1) is 9.99. The molecule has 0 spiro atoms. The topological polar surface area (TPSA) is 81.2 Å². The van der Waals surface area contributed by atoms with Crippen LogP contribution in [-0.4, -0.2) is 22.2 Å². The highest BCUT2D eigenvalue weighted by Crippen LogP contribution is 2.27. The van der Waals surface area contributed by atoms with Gasteiger partial charge in [0.1, 0.15) is 5.52 Å². The van der Waals surface area contributed by atoms with E-state index in [4.69, 9.17) is 10.2 Å². The van der Waals surface area contributed by atoms with Crippen molar-refractivity contribution in [3.63, 3.8) is 0 Å². The summed E-state index contributed by atoms with van der Waals surface area (Å²) in [5, 5.41) is 3.23. The molecule has 1 heterocycles. The number of hydrogen-bond donors (Lipinski definition) is 2. The molecule has 1 aromatic carbocycles. The summed E-state index contributed by atoms with van der Waals surface area (Å²) in [6.45, 7) is 5.97. The number of rotatable bonds is 6. The second-order valence-electron chi connectivity index (χ2n) is 5.17. The van der Waals surface area contributed by atoms with Crippen molar-refractivity contribution in [2.75, 3.05) is 5.73 Å². The van der Waals surface area contributed by atoms with Gasteiger partial charge >= 0.3 is 0 Å². The zero-order valence-electron chi connectivity index (χ0n) is 12.6. The molecule has 5 nitrogen and oxygen atoms in total. The van der Waals surface area contributed by atoms with E-state index in [2.05, 4.69) is 17.2 Å². The Morgan fingerprint density at radius 1 is 1.48 bits per heavy atom. The van der Waals surface area contributed by atoms with Gasteiger partial charge in [0.2, 0.25) is 5.91 Å². The van der Waals surface area contributed by atoms with Gasteiger partial charge in [0.05, 0.1) is 5.25 Å². The van der Waals surface area contributed by atoms with Crippen molar-refractivity contribution >= 4 is 34.5 Å². The molecule has 0 aliphatic heterocycles. The number of carbonyl (C=O) groups is 1. The third-order valence-electron chi connectivity index (χ3n) is 3.15. The van der Waals surface area contributed by atoms with Gasteiger partial charge in [-0.15, -0.1) is 0 Å². The number of fused-ring (bicyclic) bond motifs is 1. The van der Waals surface area contributed by atoms with Crippen molar-refractivity contribution < 1.29 is 9.21 Å². The SMILES string of the molecule is CCCC(C)NC(=O)C(C)Sc1nc2ccc(N)cc2o1. The summed E-state index contributed by atoms with van der Waals surface area (Å²) in [6, 6.07) is 5.52. The van der Waals surface area contributed by atoms with Crippen LogP contribution in [0.15, 0.2) is 27.8 Å². The standard InChI is InChI=1S/C15H21N3O2S/c1-4-5-9(2)17-14(19)10(3)21-15-18-12-7-6-11(16)8-13(12)20-15/h6-10H,4-5,16H2,1-3H3,(H,17,19). The summed E-state index contributed by atoms with van der Waals surface area (Å²) in [7, 11) is 0. The first kappa shape index (κ1) is 15.7. The maximum absolute atomic E-state index is 12.1. The van der Waals surface area contributed by atoms with E-state index in [-0.39, 0.29) is 17.2 Å². The third-order valence-corrected chi connectivity index (χ3v) is 4.09. The molecule has 2 atom stereocenters. The Morgan fingerprint density at radius 3 is 2.95 bits per heavy atom. The summed E-state index contributed by atoms with van der Waals surface area (Å²) in [5.41, 5.74) is 7.73. The molecule has 2 rings (SSSR count). The minimum Gasteiger partial charge on any atom is -0.431 e. The molecule has 114 valence electrons. The highest BCUT2D eigenvalue weighted by atomic mass is 32.2. The summed E-state index contributed by atoms with van der Waals surface area (Å²) in [4.78, 5) is 16.4. The molecular weight excluding hydrogens is 286 g/mol. The average Bonchev–Trinajstić information content (AvgIpc) is 2.80. The van der Waals surface area contributed by atoms with Crippen molar-refractivity contribution in [2.45, 2.75) is 50.1 Å². The Labute approximate surface area is 128 Å². The summed E-state index contributed by atoms with van der Waals surface area (Å²) in [5.74, 6) is 0.00252. The second-order valence-corrected chi connectivity index (χ2v) is 6.46. The van der Waals surface area contributed by atoms with Crippen LogP contribution in [0.1, 0.15) is 33.6 Å². The lowest BCUT2D eigenvalue weighted by Crippen LogP contribution is -2.37. The molecule has 2 unspecified atom stereocenters. The fourth-order valence-corrected chi connectivity index (χ4v) is 2.81. The number of thioether (sulfide) groups is 1. The Hall–Kier alpha value is -1.69. The van der Waals surface area contributed by atoms with Crippen LogP contribution in [-0.2, 0) is 4.79 Å². The van der Waals surface area contributed by atoms with Crippen molar-refractivity contribution in [1.29, 1.82) is 0 Å². The fourth-order valence-electron chi connectivity index (χ4n) is 2.04. The summed E-state index contributed by atoms with van der Waals surface area (Å²) < 4.78 is 5.61. The lowest BCUT2D eigenvalue weighted by molar-refractivity contribution is -0.120. The number of nitrogens with zero attached hydrogens (tertiary/aromatic N) is 1. The molecule has 0 aliphatic carbocycles. The summed E-state index contributed by atoms with van der Waals surface area (Å²) in [6.07, 6.45) is 2.03. The molecule has 0 radical (unpaired) electrons. The third kappa shape index (κ3) is 4.14. The molecule has 1 amide bonds. The van der Waals surface area contributed by atoms with Gasteiger partial charge in [-0.2, -0.15) is 0 Å². The number of amides is 1. The zero-order valence-corrected chi connectivity index (χ0v) is 13.4. The minimum absolute atomic E-state index is 0.00252. The smallest absolute Gasteiger partial charge is 0.257 e. The van der Waals surface area contributed by atoms with Gasteiger partial charge in [0.15, 0.2) is 5.58 Å². The Balaban J connectivity index is 2.00. The van der Waals surface area contributed by atoms with Gasteiger partial charge in [-0.1, -0.05) is 25.1 Å². The van der Waals surface area contributed by atoms with Gasteiger partial charge in [-0.25, -0.2) is 4.98 Å². The number of hydrogen-bond acceptors (Lipinski definition) is 5. The molecule has 21 heavy (non-hydrogen) atoms. The predicted octanol–water partition coefficient (Wildman–Crippen LogP) is 3.20. The van der Waals surface area contributed by atoms with Crippen LogP contribution in [0.2, 0.25) is 0 Å². The van der Waals surface area contributed by atoms with Crippen molar-refractivity contribution in [2.24, 2.45) is 0 Å². The van der Waals surface area contributed by atoms with Crippen molar-refractivity contribution in [1.82, 2.24) is 10.3 Å². The van der Waals surface area contributed by atoms with Gasteiger partial charge < -0.3 is 15.5 Å². The van der Waals surface area contributed by atoms with E-state index in [0.29, 0.717) is 16.5 Å². The maximum Gasteiger partial charge on any atom is 0.257 e. The number of nitrogen functional groups attached to an aromatic ring is 1. The van der Waals surface area contributed by atoms with Crippen LogP contribution < -0.4 is 11.1 Å². The maximum atomic E-state index is 12.1. The first-order valence-electron chi connectivity index (χ1n) is 7.12. The zero-order chi connectivity index (χ0) is 15.4. The average molecular weight is 307 g/mol. The number of carbonyl (C=O) groups excluding carboxylic acids is 1. The van der Waals surface area contributed by atoms with Crippen LogP contribution in [0, 0.1) is 0 Å². The molecular formula is C15H21N3O2S. The number of nitrogens with two attached hydrogens (primary N) is 1. The van der Waals surface area contributed by atoms with Gasteiger partial charge in [-0.3, -0.25) is 4.79 Å². The Kier molecular flexibility index (Phi) is 5.12. The predicted molar refractivity (Wildman–Crippen MR) is 86.3 cm³/mol. The van der Waals surface area contributed by atoms with Crippen LogP contribution in [0.25, 0.3) is 11.1 Å². The largest absolute Gasteiger partial charge is 0.431 e. The molecule has 3 N–H and O–H groups in total. The van der Waals surface area contributed by atoms with Gasteiger partial charge in [0.25, 0.3) is 5.22 Å². The van der Waals surface area contributed by atoms with E-state index in [9.17, 15) is 4.79 Å². The van der Waals surface area contributed by atoms with Crippen LogP contribution >= 0.6 is 11.8 Å². The van der Waals surface area contributed by atoms with Gasteiger partial charge in [0, 0.05) is 17.8 Å². The lowest BCUT2D eigenvalue weighted by atomic mass is 10.2. The number of aromatic nitrogens is 1. The molecule has 0 fully saturated rings. The number of nitrogens with one attached hydrogen (secondary N) is 1. The number of oxazole rings is 1. The molecule has 0 saturated carbocycles. The molecule has 0 aliphatic rings. The highest BCUT2D eigenvalue weighted by molar-refractivity contribution is 8.00.